The molecule has 0 bridgehead atoms. The molecule has 0 aliphatic heterocycles. The van der Waals surface area contributed by atoms with E-state index in [1.807, 2.05) is 6.07 Å². The van der Waals surface area contributed by atoms with Crippen LogP contribution in [-0.2, 0) is 0 Å². The van der Waals surface area contributed by atoms with E-state index in [9.17, 15) is 0 Å². The van der Waals surface area contributed by atoms with Gasteiger partial charge in [-0.15, -0.1) is 0 Å². The molecule has 0 spiro atoms. The zero-order chi connectivity index (χ0) is 17.4. The van der Waals surface area contributed by atoms with E-state index in [4.69, 9.17) is 37.9 Å². The van der Waals surface area contributed by atoms with Crippen LogP contribution in [0.15, 0.2) is 54.2 Å². The summed E-state index contributed by atoms with van der Waals surface area (Å²) < 4.78 is 11.2. The lowest BCUT2D eigenvalue weighted by Crippen LogP contribution is -2.23. The van der Waals surface area contributed by atoms with Gasteiger partial charge in [0.15, 0.2) is 5.70 Å². The number of halogens is 1. The van der Waals surface area contributed by atoms with Crippen LogP contribution in [0.3, 0.4) is 0 Å². The van der Waals surface area contributed by atoms with Gasteiger partial charge in [0.05, 0.1) is 5.70 Å². The topological polar surface area (TPSA) is 106 Å². The van der Waals surface area contributed by atoms with Gasteiger partial charge in [-0.05, 0) is 36.4 Å². The summed E-state index contributed by atoms with van der Waals surface area (Å²) >= 11 is 5.81. The number of hydrazine groups is 1. The van der Waals surface area contributed by atoms with Gasteiger partial charge in [-0.3, -0.25) is 0 Å². The van der Waals surface area contributed by atoms with Crippen molar-refractivity contribution in [2.24, 2.45) is 11.6 Å². The Morgan fingerprint density at radius 1 is 1.08 bits per heavy atom. The first-order valence-corrected chi connectivity index (χ1v) is 7.50. The highest BCUT2D eigenvalue weighted by Gasteiger charge is 2.05. The van der Waals surface area contributed by atoms with Crippen LogP contribution in [0.1, 0.15) is 5.56 Å². The summed E-state index contributed by atoms with van der Waals surface area (Å²) in [5.41, 5.74) is 9.15. The lowest BCUT2D eigenvalue weighted by molar-refractivity contribution is 0.217. The average molecular weight is 345 g/mol. The lowest BCUT2D eigenvalue weighted by atomic mass is 10.1. The minimum absolute atomic E-state index is 0.0956. The smallest absolute Gasteiger partial charge is 0.151 e. The largest absolute Gasteiger partial charge is 0.490 e. The van der Waals surface area contributed by atoms with Crippen molar-refractivity contribution in [2.75, 3.05) is 13.2 Å². The van der Waals surface area contributed by atoms with E-state index in [0.717, 1.165) is 5.75 Å². The van der Waals surface area contributed by atoms with E-state index in [2.05, 4.69) is 5.43 Å². The van der Waals surface area contributed by atoms with Crippen molar-refractivity contribution < 1.29 is 9.47 Å². The van der Waals surface area contributed by atoms with Gasteiger partial charge in [0.1, 0.15) is 30.8 Å². The molecule has 0 amide bonds. The molecule has 124 valence electrons. The zero-order valence-corrected chi connectivity index (χ0v) is 13.6. The maximum atomic E-state index is 8.94. The number of nitrogens with zero attached hydrogens (tertiary/aromatic N) is 1. The van der Waals surface area contributed by atoms with E-state index in [0.29, 0.717) is 29.5 Å². The molecule has 5 N–H and O–H groups in total. The highest BCUT2D eigenvalue weighted by atomic mass is 35.5. The fraction of sp³-hybridized carbons (Fsp3) is 0.118. The van der Waals surface area contributed by atoms with Crippen LogP contribution in [0, 0.1) is 11.3 Å². The number of benzene rings is 2. The van der Waals surface area contributed by atoms with E-state index in [-0.39, 0.29) is 11.4 Å². The normalized spacial score (nSPS) is 11.2. The molecule has 7 heteroatoms. The number of hydrogen-bond donors (Lipinski definition) is 3. The first kappa shape index (κ1) is 17.5. The van der Waals surface area contributed by atoms with E-state index >= 15 is 0 Å². The summed E-state index contributed by atoms with van der Waals surface area (Å²) in [6.45, 7) is 0.737. The Labute approximate surface area is 145 Å². The van der Waals surface area contributed by atoms with Crippen LogP contribution in [-0.4, -0.2) is 13.2 Å². The molecule has 0 heterocycles. The highest BCUT2D eigenvalue weighted by Crippen LogP contribution is 2.19. The standard InChI is InChI=1S/C17H17ClN4O2/c18-13-4-6-14(7-5-13)23-8-9-24-15-3-1-2-12(10-15)17(20)16(11-19)22-21/h1-7,10,22H,8-9,20-21H2/b17-16-. The molecule has 0 unspecified atom stereocenters. The summed E-state index contributed by atoms with van der Waals surface area (Å²) in [4.78, 5) is 0. The molecule has 0 saturated carbocycles. The lowest BCUT2D eigenvalue weighted by Gasteiger charge is -2.10. The van der Waals surface area contributed by atoms with Crippen LogP contribution in [0.2, 0.25) is 5.02 Å². The summed E-state index contributed by atoms with van der Waals surface area (Å²) in [5.74, 6) is 6.59. The molecule has 2 aromatic rings. The second kappa shape index (κ2) is 8.67. The van der Waals surface area contributed by atoms with Crippen LogP contribution in [0.4, 0.5) is 0 Å². The molecular formula is C17H17ClN4O2. The number of nitrogens with two attached hydrogens (primary N) is 2. The van der Waals surface area contributed by atoms with E-state index in [1.54, 1.807) is 48.5 Å². The molecular weight excluding hydrogens is 328 g/mol. The van der Waals surface area contributed by atoms with Crippen molar-refractivity contribution in [1.29, 1.82) is 5.26 Å². The molecule has 0 fully saturated rings. The van der Waals surface area contributed by atoms with Crippen molar-refractivity contribution in [3.63, 3.8) is 0 Å². The zero-order valence-electron chi connectivity index (χ0n) is 12.8. The second-order valence-electron chi connectivity index (χ2n) is 4.72. The SMILES string of the molecule is N#C/C(NN)=C(/N)c1cccc(OCCOc2ccc(Cl)cc2)c1. The van der Waals surface area contributed by atoms with Crippen LogP contribution in [0.25, 0.3) is 5.70 Å². The summed E-state index contributed by atoms with van der Waals surface area (Å²) in [6, 6.07) is 16.1. The fourth-order valence-electron chi connectivity index (χ4n) is 1.92. The molecule has 0 saturated heterocycles. The second-order valence-corrected chi connectivity index (χ2v) is 5.16. The third kappa shape index (κ3) is 4.81. The third-order valence-electron chi connectivity index (χ3n) is 3.10. The highest BCUT2D eigenvalue weighted by molar-refractivity contribution is 6.30. The fourth-order valence-corrected chi connectivity index (χ4v) is 2.04. The molecule has 0 aromatic heterocycles. The van der Waals surface area contributed by atoms with Gasteiger partial charge < -0.3 is 20.6 Å². The molecule has 0 radical (unpaired) electrons. The number of rotatable bonds is 7. The Morgan fingerprint density at radius 2 is 1.75 bits per heavy atom. The maximum Gasteiger partial charge on any atom is 0.151 e. The van der Waals surface area contributed by atoms with Crippen LogP contribution >= 0.6 is 11.6 Å². The molecule has 0 aliphatic rings. The monoisotopic (exact) mass is 344 g/mol. The Morgan fingerprint density at radius 3 is 2.38 bits per heavy atom. The number of allylic oxidation sites excluding steroid dienone is 1. The van der Waals surface area contributed by atoms with Crippen molar-refractivity contribution >= 4 is 17.3 Å². The van der Waals surface area contributed by atoms with Gasteiger partial charge >= 0.3 is 0 Å². The van der Waals surface area contributed by atoms with Gasteiger partial charge in [-0.25, -0.2) is 5.84 Å². The Hall–Kier alpha value is -2.88. The Balaban J connectivity index is 1.92. The maximum absolute atomic E-state index is 8.94. The van der Waals surface area contributed by atoms with Gasteiger partial charge in [0.25, 0.3) is 0 Å². The first-order chi connectivity index (χ1) is 11.6. The molecule has 24 heavy (non-hydrogen) atoms. The minimum atomic E-state index is 0.0956. The molecule has 0 atom stereocenters. The minimum Gasteiger partial charge on any atom is -0.490 e. The van der Waals surface area contributed by atoms with Crippen molar-refractivity contribution in [3.05, 3.63) is 64.8 Å². The summed E-state index contributed by atoms with van der Waals surface area (Å²) in [6.07, 6.45) is 0. The van der Waals surface area contributed by atoms with Crippen molar-refractivity contribution in [1.82, 2.24) is 5.43 Å². The number of ether oxygens (including phenoxy) is 2. The van der Waals surface area contributed by atoms with E-state index in [1.165, 1.54) is 0 Å². The van der Waals surface area contributed by atoms with Crippen molar-refractivity contribution in [2.45, 2.75) is 0 Å². The molecule has 2 rings (SSSR count). The summed E-state index contributed by atoms with van der Waals surface area (Å²) in [5, 5.41) is 9.60. The quantitative estimate of drug-likeness (QED) is 0.308. The first-order valence-electron chi connectivity index (χ1n) is 7.12. The number of nitriles is 1. The third-order valence-corrected chi connectivity index (χ3v) is 3.36. The van der Waals surface area contributed by atoms with Gasteiger partial charge in [-0.2, -0.15) is 5.26 Å². The molecule has 6 nitrogen and oxygen atoms in total. The van der Waals surface area contributed by atoms with Crippen LogP contribution < -0.4 is 26.5 Å². The number of nitrogens with one attached hydrogen (secondary N) is 1. The van der Waals surface area contributed by atoms with E-state index < -0.39 is 0 Å². The van der Waals surface area contributed by atoms with Gasteiger partial charge in [0.2, 0.25) is 0 Å². The Kier molecular flexibility index (Phi) is 6.32. The molecule has 0 aliphatic carbocycles. The molecule has 2 aromatic carbocycles. The van der Waals surface area contributed by atoms with Crippen molar-refractivity contribution in [3.8, 4) is 17.6 Å². The van der Waals surface area contributed by atoms with Gasteiger partial charge in [-0.1, -0.05) is 23.7 Å². The predicted molar refractivity (Wildman–Crippen MR) is 92.9 cm³/mol. The Bertz CT molecular complexity index is 754. The summed E-state index contributed by atoms with van der Waals surface area (Å²) in [7, 11) is 0. The average Bonchev–Trinajstić information content (AvgIpc) is 2.61. The number of hydrogen-bond acceptors (Lipinski definition) is 6. The predicted octanol–water partition coefficient (Wildman–Crippen LogP) is 2.41. The van der Waals surface area contributed by atoms with Crippen LogP contribution in [0.5, 0.6) is 11.5 Å². The van der Waals surface area contributed by atoms with Gasteiger partial charge in [0, 0.05) is 10.6 Å².